The van der Waals surface area contributed by atoms with Crippen molar-refractivity contribution in [3.05, 3.63) is 35.9 Å². The van der Waals surface area contributed by atoms with Gasteiger partial charge < -0.3 is 16.0 Å². The average Bonchev–Trinajstić information content (AvgIpc) is 2.46. The van der Waals surface area contributed by atoms with Gasteiger partial charge in [0.1, 0.15) is 0 Å². The molecule has 132 valence electrons. The molecule has 1 aromatic carbocycles. The lowest BCUT2D eigenvalue weighted by Gasteiger charge is -2.33. The van der Waals surface area contributed by atoms with Gasteiger partial charge in [-0.3, -0.25) is 4.79 Å². The summed E-state index contributed by atoms with van der Waals surface area (Å²) in [5, 5.41) is 3.06. The number of hydrogen-bond acceptors (Lipinski definition) is 3. The van der Waals surface area contributed by atoms with Gasteiger partial charge >= 0.3 is 0 Å². The molecule has 0 aliphatic carbocycles. The molecule has 0 aromatic heterocycles. The number of benzene rings is 1. The van der Waals surface area contributed by atoms with Gasteiger partial charge in [-0.15, -0.1) is 24.8 Å². The van der Waals surface area contributed by atoms with Crippen LogP contribution in [0.2, 0.25) is 0 Å². The van der Waals surface area contributed by atoms with Crippen LogP contribution in [0.5, 0.6) is 0 Å². The molecule has 4 nitrogen and oxygen atoms in total. The van der Waals surface area contributed by atoms with Crippen molar-refractivity contribution in [1.82, 2.24) is 10.2 Å². The molecule has 23 heavy (non-hydrogen) atoms. The minimum Gasteiger partial charge on any atom is -0.352 e. The van der Waals surface area contributed by atoms with Gasteiger partial charge in [0.15, 0.2) is 0 Å². The number of carbonyl (C=O) groups excluding carboxylic acids is 1. The van der Waals surface area contributed by atoms with Crippen molar-refractivity contribution >= 4 is 30.7 Å². The first kappa shape index (κ1) is 22.2. The van der Waals surface area contributed by atoms with Gasteiger partial charge in [-0.2, -0.15) is 0 Å². The van der Waals surface area contributed by atoms with Crippen molar-refractivity contribution < 1.29 is 4.79 Å². The third-order valence-electron chi connectivity index (χ3n) is 4.07. The summed E-state index contributed by atoms with van der Waals surface area (Å²) < 4.78 is 0. The van der Waals surface area contributed by atoms with Crippen molar-refractivity contribution in [2.75, 3.05) is 19.6 Å². The number of nitrogens with two attached hydrogens (primary N) is 1. The van der Waals surface area contributed by atoms with E-state index in [1.54, 1.807) is 13.8 Å². The summed E-state index contributed by atoms with van der Waals surface area (Å²) in [6.07, 6.45) is 3.11. The third-order valence-corrected chi connectivity index (χ3v) is 4.07. The van der Waals surface area contributed by atoms with Gasteiger partial charge in [0.05, 0.1) is 5.54 Å². The van der Waals surface area contributed by atoms with E-state index in [-0.39, 0.29) is 36.8 Å². The molecule has 1 amide bonds. The van der Waals surface area contributed by atoms with Crippen molar-refractivity contribution in [1.29, 1.82) is 0 Å². The maximum absolute atomic E-state index is 11.9. The van der Waals surface area contributed by atoms with E-state index >= 15 is 0 Å². The predicted molar refractivity (Wildman–Crippen MR) is 101 cm³/mol. The molecule has 1 saturated heterocycles. The molecule has 1 aliphatic heterocycles. The van der Waals surface area contributed by atoms with Crippen LogP contribution in [0.3, 0.4) is 0 Å². The van der Waals surface area contributed by atoms with E-state index in [2.05, 4.69) is 40.5 Å². The highest BCUT2D eigenvalue weighted by molar-refractivity contribution is 5.86. The Hall–Kier alpha value is -0.810. The predicted octanol–water partition coefficient (Wildman–Crippen LogP) is 2.39. The molecule has 1 aliphatic rings. The van der Waals surface area contributed by atoms with Crippen molar-refractivity contribution in [2.45, 2.75) is 44.7 Å². The molecule has 0 unspecified atom stereocenters. The van der Waals surface area contributed by atoms with Crippen molar-refractivity contribution in [2.24, 2.45) is 5.73 Å². The first-order valence-corrected chi connectivity index (χ1v) is 7.81. The van der Waals surface area contributed by atoms with Gasteiger partial charge in [0.25, 0.3) is 0 Å². The standard InChI is InChI=1S/C17H27N3O.2ClH/c1-17(2,18)16(21)19-15-9-12-20(13-10-15)11-8-14-6-4-3-5-7-14;;/h3-7,15H,8-13,18H2,1-2H3,(H,19,21);2*1H. The largest absolute Gasteiger partial charge is 0.352 e. The first-order chi connectivity index (χ1) is 9.95. The minimum atomic E-state index is -0.787. The fraction of sp³-hybridized carbons (Fsp3) is 0.588. The second-order valence-corrected chi connectivity index (χ2v) is 6.55. The Labute approximate surface area is 152 Å². The molecule has 0 atom stereocenters. The maximum Gasteiger partial charge on any atom is 0.239 e. The molecule has 0 spiro atoms. The topological polar surface area (TPSA) is 58.4 Å². The zero-order chi connectivity index (χ0) is 15.3. The normalized spacial score (nSPS) is 16.1. The molecule has 0 radical (unpaired) electrons. The summed E-state index contributed by atoms with van der Waals surface area (Å²) in [6, 6.07) is 10.9. The number of nitrogens with one attached hydrogen (secondary N) is 1. The van der Waals surface area contributed by atoms with Gasteiger partial charge in [-0.1, -0.05) is 30.3 Å². The second-order valence-electron chi connectivity index (χ2n) is 6.55. The quantitative estimate of drug-likeness (QED) is 0.846. The Morgan fingerprint density at radius 1 is 1.22 bits per heavy atom. The number of carbonyl (C=O) groups is 1. The summed E-state index contributed by atoms with van der Waals surface area (Å²) in [4.78, 5) is 14.4. The molecule has 1 fully saturated rings. The van der Waals surface area contributed by atoms with E-state index in [0.717, 1.165) is 38.9 Å². The number of hydrogen-bond donors (Lipinski definition) is 2. The van der Waals surface area contributed by atoms with Crippen LogP contribution in [0.15, 0.2) is 30.3 Å². The number of amides is 1. The van der Waals surface area contributed by atoms with E-state index in [0.29, 0.717) is 0 Å². The number of rotatable bonds is 5. The lowest BCUT2D eigenvalue weighted by molar-refractivity contribution is -0.126. The highest BCUT2D eigenvalue weighted by Gasteiger charge is 2.26. The molecular weight excluding hydrogens is 333 g/mol. The SMILES string of the molecule is CC(C)(N)C(=O)NC1CCN(CCc2ccccc2)CC1.Cl.Cl. The van der Waals surface area contributed by atoms with Gasteiger partial charge in [-0.25, -0.2) is 0 Å². The molecule has 2 rings (SSSR count). The van der Waals surface area contributed by atoms with Crippen LogP contribution >= 0.6 is 24.8 Å². The molecule has 1 aromatic rings. The minimum absolute atomic E-state index is 0. The molecule has 3 N–H and O–H groups in total. The maximum atomic E-state index is 11.9. The van der Waals surface area contributed by atoms with E-state index in [1.807, 2.05) is 0 Å². The van der Waals surface area contributed by atoms with Crippen LogP contribution in [0.25, 0.3) is 0 Å². The summed E-state index contributed by atoms with van der Waals surface area (Å²) in [5.74, 6) is -0.0507. The Kier molecular flexibility index (Phi) is 9.78. The Bertz CT molecular complexity index is 455. The fourth-order valence-electron chi connectivity index (χ4n) is 2.60. The van der Waals surface area contributed by atoms with Gasteiger partial charge in [0.2, 0.25) is 5.91 Å². The Balaban J connectivity index is 0.00000242. The van der Waals surface area contributed by atoms with E-state index < -0.39 is 5.54 Å². The smallest absolute Gasteiger partial charge is 0.239 e. The zero-order valence-corrected chi connectivity index (χ0v) is 15.6. The fourth-order valence-corrected chi connectivity index (χ4v) is 2.60. The lowest BCUT2D eigenvalue weighted by Crippen LogP contribution is -2.54. The zero-order valence-electron chi connectivity index (χ0n) is 14.0. The van der Waals surface area contributed by atoms with Crippen LogP contribution in [0, 0.1) is 0 Å². The number of halogens is 2. The molecule has 0 saturated carbocycles. The van der Waals surface area contributed by atoms with Crippen LogP contribution in [-0.4, -0.2) is 42.0 Å². The summed E-state index contributed by atoms with van der Waals surface area (Å²) in [5.41, 5.74) is 6.41. The monoisotopic (exact) mass is 361 g/mol. The van der Waals surface area contributed by atoms with Crippen LogP contribution in [0.4, 0.5) is 0 Å². The summed E-state index contributed by atoms with van der Waals surface area (Å²) in [7, 11) is 0. The number of piperidine rings is 1. The third kappa shape index (κ3) is 7.53. The van der Waals surface area contributed by atoms with Crippen molar-refractivity contribution in [3.63, 3.8) is 0 Å². The Morgan fingerprint density at radius 2 is 1.78 bits per heavy atom. The van der Waals surface area contributed by atoms with Gasteiger partial charge in [-0.05, 0) is 38.7 Å². The van der Waals surface area contributed by atoms with Crippen LogP contribution in [0.1, 0.15) is 32.3 Å². The van der Waals surface area contributed by atoms with E-state index in [1.165, 1.54) is 5.56 Å². The van der Waals surface area contributed by atoms with Crippen LogP contribution < -0.4 is 11.1 Å². The van der Waals surface area contributed by atoms with E-state index in [9.17, 15) is 4.79 Å². The lowest BCUT2D eigenvalue weighted by atomic mass is 10.0. The molecule has 1 heterocycles. The second kappa shape index (κ2) is 10.1. The van der Waals surface area contributed by atoms with Crippen LogP contribution in [-0.2, 0) is 11.2 Å². The Morgan fingerprint density at radius 3 is 2.30 bits per heavy atom. The molecule has 0 bridgehead atoms. The molecule has 6 heteroatoms. The summed E-state index contributed by atoms with van der Waals surface area (Å²) in [6.45, 7) is 6.67. The van der Waals surface area contributed by atoms with E-state index in [4.69, 9.17) is 5.73 Å². The van der Waals surface area contributed by atoms with Crippen molar-refractivity contribution in [3.8, 4) is 0 Å². The average molecular weight is 362 g/mol. The number of likely N-dealkylation sites (tertiary alicyclic amines) is 1. The first-order valence-electron chi connectivity index (χ1n) is 7.81. The highest BCUT2D eigenvalue weighted by Crippen LogP contribution is 2.12. The summed E-state index contributed by atoms with van der Waals surface area (Å²) >= 11 is 0. The highest BCUT2D eigenvalue weighted by atomic mass is 35.5. The van der Waals surface area contributed by atoms with Gasteiger partial charge in [0, 0.05) is 25.7 Å². The number of nitrogens with zero attached hydrogens (tertiary/aromatic N) is 1. The molecular formula is C17H29Cl2N3O.